The third kappa shape index (κ3) is 2.84. The van der Waals surface area contributed by atoms with Gasteiger partial charge < -0.3 is 5.32 Å². The molecule has 0 radical (unpaired) electrons. The van der Waals surface area contributed by atoms with Crippen LogP contribution in [0.3, 0.4) is 0 Å². The van der Waals surface area contributed by atoms with Crippen molar-refractivity contribution in [2.45, 2.75) is 52.1 Å². The Morgan fingerprint density at radius 1 is 1.25 bits per heavy atom. The van der Waals surface area contributed by atoms with Crippen molar-refractivity contribution in [1.82, 2.24) is 10.6 Å². The van der Waals surface area contributed by atoms with Gasteiger partial charge in [-0.15, -0.1) is 0 Å². The van der Waals surface area contributed by atoms with Crippen LogP contribution in [0.5, 0.6) is 0 Å². The van der Waals surface area contributed by atoms with Crippen LogP contribution in [-0.4, -0.2) is 17.4 Å². The lowest BCUT2D eigenvalue weighted by Crippen LogP contribution is -2.47. The molecule has 1 aromatic rings. The number of benzene rings is 1. The second kappa shape index (κ2) is 4.93. The van der Waals surface area contributed by atoms with E-state index in [0.29, 0.717) is 5.96 Å². The van der Waals surface area contributed by atoms with Crippen molar-refractivity contribution in [2.24, 2.45) is 4.99 Å². The molecule has 1 aromatic carbocycles. The summed E-state index contributed by atoms with van der Waals surface area (Å²) in [6.45, 7) is 10.1. The topological polar surface area (TPSA) is 53.5 Å². The molecule has 4 nitrogen and oxygen atoms in total. The third-order valence-corrected chi connectivity index (χ3v) is 3.43. The number of nitrogens with one attached hydrogen (secondary N) is 2. The zero-order valence-corrected chi connectivity index (χ0v) is 12.9. The van der Waals surface area contributed by atoms with Gasteiger partial charge in [0, 0.05) is 5.54 Å². The van der Waals surface area contributed by atoms with E-state index in [2.05, 4.69) is 34.7 Å². The van der Waals surface area contributed by atoms with Gasteiger partial charge in [-0.25, -0.2) is 4.99 Å². The van der Waals surface area contributed by atoms with Crippen LogP contribution in [0.2, 0.25) is 0 Å². The second-order valence-electron chi connectivity index (χ2n) is 6.41. The molecule has 0 spiro atoms. The Balaban J connectivity index is 2.30. The molecular weight excluding hydrogens is 250 g/mol. The standard InChI is InChI=1S/C16H23N3O/c1-6-11-7-9-12(10-8-11)16(5)13(20)17-14(19-16)18-15(2,3)4/h7-10H,6H2,1-5H3,(H2,17,18,19,20). The summed E-state index contributed by atoms with van der Waals surface area (Å²) in [7, 11) is 0. The number of aryl methyl sites for hydroxylation is 1. The summed E-state index contributed by atoms with van der Waals surface area (Å²) >= 11 is 0. The molecule has 0 aliphatic carbocycles. The number of amides is 1. The predicted molar refractivity (Wildman–Crippen MR) is 81.6 cm³/mol. The monoisotopic (exact) mass is 273 g/mol. The molecule has 20 heavy (non-hydrogen) atoms. The van der Waals surface area contributed by atoms with E-state index in [0.717, 1.165) is 12.0 Å². The minimum Gasteiger partial charge on any atom is -0.351 e. The van der Waals surface area contributed by atoms with Crippen LogP contribution < -0.4 is 10.6 Å². The molecule has 4 heteroatoms. The number of aliphatic imine (C=N–C) groups is 1. The van der Waals surface area contributed by atoms with Gasteiger partial charge in [-0.2, -0.15) is 0 Å². The SMILES string of the molecule is CCc1ccc(C2(C)N=C(NC(C)(C)C)NC2=O)cc1. The van der Waals surface area contributed by atoms with Gasteiger partial charge in [-0.05, 0) is 45.2 Å². The summed E-state index contributed by atoms with van der Waals surface area (Å²) in [4.78, 5) is 16.8. The number of carbonyl (C=O) groups is 1. The molecule has 2 N–H and O–H groups in total. The zero-order valence-electron chi connectivity index (χ0n) is 12.9. The molecule has 2 rings (SSSR count). The van der Waals surface area contributed by atoms with Crippen molar-refractivity contribution < 1.29 is 4.79 Å². The Morgan fingerprint density at radius 2 is 1.85 bits per heavy atom. The summed E-state index contributed by atoms with van der Waals surface area (Å²) in [5.41, 5.74) is 1.19. The summed E-state index contributed by atoms with van der Waals surface area (Å²) in [5, 5.41) is 6.04. The molecule has 0 fully saturated rings. The highest BCUT2D eigenvalue weighted by molar-refractivity contribution is 6.07. The lowest BCUT2D eigenvalue weighted by molar-refractivity contribution is -0.123. The number of hydrogen-bond donors (Lipinski definition) is 2. The molecule has 1 amide bonds. The number of nitrogens with zero attached hydrogens (tertiary/aromatic N) is 1. The quantitative estimate of drug-likeness (QED) is 0.869. The first-order chi connectivity index (χ1) is 9.24. The van der Waals surface area contributed by atoms with Crippen molar-refractivity contribution in [3.05, 3.63) is 35.4 Å². The minimum atomic E-state index is -0.847. The van der Waals surface area contributed by atoms with E-state index in [1.807, 2.05) is 39.8 Å². The fraction of sp³-hybridized carbons (Fsp3) is 0.500. The summed E-state index contributed by atoms with van der Waals surface area (Å²) in [5.74, 6) is 0.457. The fourth-order valence-electron chi connectivity index (χ4n) is 2.21. The van der Waals surface area contributed by atoms with Gasteiger partial charge >= 0.3 is 0 Å². The van der Waals surface area contributed by atoms with E-state index in [9.17, 15) is 4.79 Å². The first-order valence-electron chi connectivity index (χ1n) is 7.03. The molecule has 0 saturated heterocycles. The molecule has 1 heterocycles. The Morgan fingerprint density at radius 3 is 2.35 bits per heavy atom. The van der Waals surface area contributed by atoms with Gasteiger partial charge in [0.05, 0.1) is 0 Å². The highest BCUT2D eigenvalue weighted by Gasteiger charge is 2.41. The average Bonchev–Trinajstić information content (AvgIpc) is 2.63. The maximum atomic E-state index is 12.3. The molecular formula is C16H23N3O. The molecule has 1 aliphatic rings. The predicted octanol–water partition coefficient (Wildman–Crippen LogP) is 2.34. The molecule has 1 unspecified atom stereocenters. The number of hydrogen-bond acceptors (Lipinski definition) is 3. The third-order valence-electron chi connectivity index (χ3n) is 3.43. The summed E-state index contributed by atoms with van der Waals surface area (Å²) in [6.07, 6.45) is 0.989. The highest BCUT2D eigenvalue weighted by atomic mass is 16.2. The number of rotatable bonds is 2. The van der Waals surface area contributed by atoms with Crippen LogP contribution in [0.4, 0.5) is 0 Å². The van der Waals surface area contributed by atoms with Crippen molar-refractivity contribution in [2.75, 3.05) is 0 Å². The van der Waals surface area contributed by atoms with E-state index in [-0.39, 0.29) is 11.4 Å². The second-order valence-corrected chi connectivity index (χ2v) is 6.41. The van der Waals surface area contributed by atoms with E-state index in [1.165, 1.54) is 5.56 Å². The smallest absolute Gasteiger partial charge is 0.259 e. The van der Waals surface area contributed by atoms with Gasteiger partial charge in [0.25, 0.3) is 5.91 Å². The first kappa shape index (κ1) is 14.6. The molecule has 0 aromatic heterocycles. The molecule has 1 aliphatic heterocycles. The van der Waals surface area contributed by atoms with Crippen LogP contribution in [0.1, 0.15) is 45.7 Å². The lowest BCUT2D eigenvalue weighted by Gasteiger charge is -2.21. The maximum Gasteiger partial charge on any atom is 0.259 e. The maximum absolute atomic E-state index is 12.3. The largest absolute Gasteiger partial charge is 0.351 e. The van der Waals surface area contributed by atoms with E-state index in [4.69, 9.17) is 0 Å². The van der Waals surface area contributed by atoms with Gasteiger partial charge in [-0.1, -0.05) is 31.2 Å². The van der Waals surface area contributed by atoms with Crippen LogP contribution >= 0.6 is 0 Å². The van der Waals surface area contributed by atoms with Crippen molar-refractivity contribution in [3.63, 3.8) is 0 Å². The summed E-state index contributed by atoms with van der Waals surface area (Å²) < 4.78 is 0. The fourth-order valence-corrected chi connectivity index (χ4v) is 2.21. The van der Waals surface area contributed by atoms with Crippen LogP contribution in [0.15, 0.2) is 29.3 Å². The Kier molecular flexibility index (Phi) is 3.59. The van der Waals surface area contributed by atoms with E-state index >= 15 is 0 Å². The Hall–Kier alpha value is -1.84. The minimum absolute atomic E-state index is 0.0894. The van der Waals surface area contributed by atoms with Crippen molar-refractivity contribution in [3.8, 4) is 0 Å². The van der Waals surface area contributed by atoms with Crippen LogP contribution in [0, 0.1) is 0 Å². The van der Waals surface area contributed by atoms with Crippen molar-refractivity contribution >= 4 is 11.9 Å². The Bertz CT molecular complexity index is 540. The summed E-state index contributed by atoms with van der Waals surface area (Å²) in [6, 6.07) is 8.08. The van der Waals surface area contributed by atoms with Gasteiger partial charge in [0.1, 0.15) is 0 Å². The first-order valence-corrected chi connectivity index (χ1v) is 7.03. The van der Waals surface area contributed by atoms with Gasteiger partial charge in [0.15, 0.2) is 11.5 Å². The zero-order chi connectivity index (χ0) is 15.0. The Labute approximate surface area is 120 Å². The van der Waals surface area contributed by atoms with Gasteiger partial charge in [0.2, 0.25) is 0 Å². The molecule has 1 atom stereocenters. The molecule has 0 saturated carbocycles. The van der Waals surface area contributed by atoms with E-state index in [1.54, 1.807) is 0 Å². The normalized spacial score (nSPS) is 22.4. The van der Waals surface area contributed by atoms with Gasteiger partial charge in [-0.3, -0.25) is 10.1 Å². The number of guanidine groups is 1. The van der Waals surface area contributed by atoms with Crippen molar-refractivity contribution in [1.29, 1.82) is 0 Å². The van der Waals surface area contributed by atoms with Crippen LogP contribution in [0.25, 0.3) is 0 Å². The lowest BCUT2D eigenvalue weighted by atomic mass is 9.91. The van der Waals surface area contributed by atoms with Crippen LogP contribution in [-0.2, 0) is 16.8 Å². The molecule has 108 valence electrons. The van der Waals surface area contributed by atoms with E-state index < -0.39 is 5.54 Å². The molecule has 0 bridgehead atoms. The highest BCUT2D eigenvalue weighted by Crippen LogP contribution is 2.29. The number of carbonyl (C=O) groups excluding carboxylic acids is 1. The average molecular weight is 273 g/mol.